The summed E-state index contributed by atoms with van der Waals surface area (Å²) in [6, 6.07) is -0.787. The normalized spacial score (nSPS) is 22.3. The molecule has 2 amide bonds. The van der Waals surface area contributed by atoms with Crippen LogP contribution in [-0.4, -0.2) is 42.3 Å². The molecule has 1 saturated heterocycles. The number of hydrogen-bond acceptors (Lipinski definition) is 4. The van der Waals surface area contributed by atoms with Crippen LogP contribution in [0.3, 0.4) is 0 Å². The van der Waals surface area contributed by atoms with E-state index in [1.165, 1.54) is 0 Å². The number of β-lactam (4-membered cyclic amide) rings is 1. The minimum Gasteiger partial charge on any atom is -0.480 e. The molecule has 7 nitrogen and oxygen atoms in total. The topological polar surface area (TPSA) is 105 Å². The average molecular weight is 244 g/mol. The van der Waals surface area contributed by atoms with Crippen molar-refractivity contribution in [2.75, 3.05) is 13.2 Å². The Morgan fingerprint density at radius 1 is 1.53 bits per heavy atom. The van der Waals surface area contributed by atoms with Crippen molar-refractivity contribution in [3.8, 4) is 0 Å². The van der Waals surface area contributed by atoms with Gasteiger partial charge in [0.15, 0.2) is 0 Å². The lowest BCUT2D eigenvalue weighted by Crippen LogP contribution is -2.61. The Kier molecular flexibility index (Phi) is 4.74. The van der Waals surface area contributed by atoms with E-state index < -0.39 is 24.0 Å². The molecule has 3 N–H and O–H groups in total. The molecule has 96 valence electrons. The Morgan fingerprint density at radius 2 is 2.24 bits per heavy atom. The van der Waals surface area contributed by atoms with Crippen LogP contribution in [0.15, 0.2) is 0 Å². The van der Waals surface area contributed by atoms with Gasteiger partial charge in [-0.15, -0.1) is 0 Å². The van der Waals surface area contributed by atoms with Crippen molar-refractivity contribution in [3.05, 3.63) is 0 Å². The minimum absolute atomic E-state index is 0.242. The van der Waals surface area contributed by atoms with Crippen LogP contribution < -0.4 is 10.6 Å². The van der Waals surface area contributed by atoms with E-state index >= 15 is 0 Å². The van der Waals surface area contributed by atoms with Gasteiger partial charge in [-0.2, -0.15) is 0 Å². The van der Waals surface area contributed by atoms with E-state index in [1.54, 1.807) is 6.92 Å². The molecular weight excluding hydrogens is 228 g/mol. The molecule has 2 atom stereocenters. The fourth-order valence-corrected chi connectivity index (χ4v) is 1.64. The molecular formula is C10H16N2O5. The summed E-state index contributed by atoms with van der Waals surface area (Å²) in [5.41, 5.74) is 0. The van der Waals surface area contributed by atoms with E-state index in [4.69, 9.17) is 5.11 Å². The first kappa shape index (κ1) is 13.3. The summed E-state index contributed by atoms with van der Waals surface area (Å²) in [4.78, 5) is 32.7. The van der Waals surface area contributed by atoms with Crippen LogP contribution in [-0.2, 0) is 14.3 Å². The van der Waals surface area contributed by atoms with Crippen molar-refractivity contribution in [2.45, 2.75) is 25.8 Å². The maximum absolute atomic E-state index is 11.1. The SMILES string of the molecule is CCOC(=O)NCCC[C@H]1C(=O)NC1C(=O)O. The maximum Gasteiger partial charge on any atom is 0.407 e. The largest absolute Gasteiger partial charge is 0.480 e. The van der Waals surface area contributed by atoms with E-state index in [9.17, 15) is 14.4 Å². The lowest BCUT2D eigenvalue weighted by Gasteiger charge is -2.33. The Balaban J connectivity index is 2.16. The summed E-state index contributed by atoms with van der Waals surface area (Å²) in [6.07, 6.45) is 0.482. The van der Waals surface area contributed by atoms with Crippen LogP contribution in [0, 0.1) is 5.92 Å². The van der Waals surface area contributed by atoms with Gasteiger partial charge in [0.2, 0.25) is 5.91 Å². The molecule has 1 rings (SSSR count). The number of ether oxygens (including phenoxy) is 1. The maximum atomic E-state index is 11.1. The molecule has 1 fully saturated rings. The molecule has 0 aromatic heterocycles. The molecule has 0 aliphatic carbocycles. The summed E-state index contributed by atoms with van der Waals surface area (Å²) in [7, 11) is 0. The number of amides is 2. The van der Waals surface area contributed by atoms with E-state index in [1.807, 2.05) is 0 Å². The summed E-state index contributed by atoms with van der Waals surface area (Å²) < 4.78 is 4.65. The Hall–Kier alpha value is -1.79. The fourth-order valence-electron chi connectivity index (χ4n) is 1.64. The van der Waals surface area contributed by atoms with Crippen LogP contribution in [0.5, 0.6) is 0 Å². The molecule has 7 heteroatoms. The van der Waals surface area contributed by atoms with E-state index in [0.717, 1.165) is 0 Å². The predicted octanol–water partition coefficient (Wildman–Crippen LogP) is -0.288. The van der Waals surface area contributed by atoms with Gasteiger partial charge in [0.1, 0.15) is 6.04 Å². The second-order valence-corrected chi connectivity index (χ2v) is 3.72. The molecule has 0 saturated carbocycles. The summed E-state index contributed by atoms with van der Waals surface area (Å²) in [5.74, 6) is -1.75. The third-order valence-electron chi connectivity index (χ3n) is 2.54. The Labute approximate surface area is 98.5 Å². The number of rotatable bonds is 6. The first-order valence-corrected chi connectivity index (χ1v) is 5.50. The van der Waals surface area contributed by atoms with Crippen LogP contribution in [0.4, 0.5) is 4.79 Å². The molecule has 0 aromatic carbocycles. The lowest BCUT2D eigenvalue weighted by molar-refractivity contribution is -0.153. The zero-order valence-electron chi connectivity index (χ0n) is 9.56. The van der Waals surface area contributed by atoms with E-state index in [2.05, 4.69) is 15.4 Å². The highest BCUT2D eigenvalue weighted by molar-refractivity contribution is 5.96. The van der Waals surface area contributed by atoms with Gasteiger partial charge >= 0.3 is 12.1 Å². The van der Waals surface area contributed by atoms with Crippen LogP contribution in [0.2, 0.25) is 0 Å². The highest BCUT2D eigenvalue weighted by Crippen LogP contribution is 2.20. The number of alkyl carbamates (subject to hydrolysis) is 1. The Bertz CT molecular complexity index is 318. The molecule has 0 radical (unpaired) electrons. The number of hydrogen-bond donors (Lipinski definition) is 3. The monoisotopic (exact) mass is 244 g/mol. The zero-order chi connectivity index (χ0) is 12.8. The van der Waals surface area contributed by atoms with Crippen molar-refractivity contribution in [3.63, 3.8) is 0 Å². The van der Waals surface area contributed by atoms with Crippen LogP contribution in [0.1, 0.15) is 19.8 Å². The van der Waals surface area contributed by atoms with Gasteiger partial charge in [-0.25, -0.2) is 9.59 Å². The summed E-state index contributed by atoms with van der Waals surface area (Å²) in [6.45, 7) is 2.38. The number of aliphatic carboxylic acids is 1. The van der Waals surface area contributed by atoms with Gasteiger partial charge in [-0.3, -0.25) is 4.79 Å². The smallest absolute Gasteiger partial charge is 0.407 e. The second-order valence-electron chi connectivity index (χ2n) is 3.72. The predicted molar refractivity (Wildman–Crippen MR) is 57.3 cm³/mol. The third kappa shape index (κ3) is 3.61. The molecule has 0 spiro atoms. The highest BCUT2D eigenvalue weighted by atomic mass is 16.5. The third-order valence-corrected chi connectivity index (χ3v) is 2.54. The first-order chi connectivity index (χ1) is 8.06. The molecule has 1 heterocycles. The second kappa shape index (κ2) is 6.07. The van der Waals surface area contributed by atoms with Gasteiger partial charge in [0.05, 0.1) is 12.5 Å². The summed E-state index contributed by atoms with van der Waals surface area (Å²) in [5, 5.41) is 13.5. The first-order valence-electron chi connectivity index (χ1n) is 5.50. The van der Waals surface area contributed by atoms with E-state index in [0.29, 0.717) is 26.0 Å². The molecule has 1 unspecified atom stereocenters. The van der Waals surface area contributed by atoms with Crippen LogP contribution in [0.25, 0.3) is 0 Å². The quantitative estimate of drug-likeness (QED) is 0.440. The number of carbonyl (C=O) groups excluding carboxylic acids is 2. The number of nitrogens with one attached hydrogen (secondary N) is 2. The zero-order valence-corrected chi connectivity index (χ0v) is 9.56. The van der Waals surface area contributed by atoms with Gasteiger partial charge in [-0.1, -0.05) is 0 Å². The number of carboxylic acids is 1. The molecule has 1 aliphatic rings. The van der Waals surface area contributed by atoms with Crippen LogP contribution >= 0.6 is 0 Å². The van der Waals surface area contributed by atoms with Gasteiger partial charge in [-0.05, 0) is 19.8 Å². The van der Waals surface area contributed by atoms with Crippen molar-refractivity contribution in [1.82, 2.24) is 10.6 Å². The molecule has 1 aliphatic heterocycles. The van der Waals surface area contributed by atoms with E-state index in [-0.39, 0.29) is 5.91 Å². The van der Waals surface area contributed by atoms with Gasteiger partial charge < -0.3 is 20.5 Å². The summed E-state index contributed by atoms with van der Waals surface area (Å²) >= 11 is 0. The number of carboxylic acid groups (broad SMARTS) is 1. The average Bonchev–Trinajstić information content (AvgIpc) is 2.25. The van der Waals surface area contributed by atoms with Gasteiger partial charge in [0, 0.05) is 6.54 Å². The highest BCUT2D eigenvalue weighted by Gasteiger charge is 2.43. The molecule has 0 bridgehead atoms. The lowest BCUT2D eigenvalue weighted by atomic mass is 9.86. The number of carbonyl (C=O) groups is 3. The molecule has 0 aromatic rings. The Morgan fingerprint density at radius 3 is 2.76 bits per heavy atom. The minimum atomic E-state index is -1.02. The molecule has 17 heavy (non-hydrogen) atoms. The van der Waals surface area contributed by atoms with Crippen molar-refractivity contribution >= 4 is 18.0 Å². The standard InChI is InChI=1S/C10H16N2O5/c1-2-17-10(16)11-5-3-4-6-7(9(14)15)12-8(6)13/h6-7H,2-5H2,1H3,(H,11,16)(H,12,13)(H,14,15)/t6-,7?/m1/s1. The van der Waals surface area contributed by atoms with Crippen molar-refractivity contribution in [2.24, 2.45) is 5.92 Å². The fraction of sp³-hybridized carbons (Fsp3) is 0.700. The van der Waals surface area contributed by atoms with Gasteiger partial charge in [0.25, 0.3) is 0 Å². The van der Waals surface area contributed by atoms with Crippen molar-refractivity contribution < 1.29 is 24.2 Å². The van der Waals surface area contributed by atoms with Crippen molar-refractivity contribution in [1.29, 1.82) is 0 Å².